The third-order valence-corrected chi connectivity index (χ3v) is 4.65. The zero-order valence-corrected chi connectivity index (χ0v) is 13.5. The average Bonchev–Trinajstić information content (AvgIpc) is 3.08. The predicted octanol–water partition coefficient (Wildman–Crippen LogP) is 3.99. The van der Waals surface area contributed by atoms with Gasteiger partial charge in [-0.25, -0.2) is 0 Å². The molecule has 0 radical (unpaired) electrons. The molecule has 0 spiro atoms. The van der Waals surface area contributed by atoms with Crippen LogP contribution in [0.4, 0.5) is 0 Å². The topological polar surface area (TPSA) is 63.3 Å². The number of aromatic nitrogens is 4. The second-order valence-corrected chi connectivity index (χ2v) is 6.52. The molecule has 22 heavy (non-hydrogen) atoms. The van der Waals surface area contributed by atoms with Crippen LogP contribution in [-0.2, 0) is 0 Å². The molecule has 1 N–H and O–H groups in total. The van der Waals surface area contributed by atoms with E-state index < -0.39 is 0 Å². The van der Waals surface area contributed by atoms with Crippen molar-refractivity contribution in [1.82, 2.24) is 19.8 Å². The number of aromatic hydroxyl groups is 1. The van der Waals surface area contributed by atoms with Gasteiger partial charge in [-0.3, -0.25) is 0 Å². The summed E-state index contributed by atoms with van der Waals surface area (Å²) < 4.78 is 2.66. The number of nitrogens with zero attached hydrogens (tertiary/aromatic N) is 4. The summed E-state index contributed by atoms with van der Waals surface area (Å²) in [6.07, 6.45) is 0. The van der Waals surface area contributed by atoms with Crippen LogP contribution < -0.4 is 0 Å². The normalized spacial score (nSPS) is 11.1. The Hall–Kier alpha value is -2.25. The predicted molar refractivity (Wildman–Crippen MR) is 88.9 cm³/mol. The van der Waals surface area contributed by atoms with E-state index in [0.29, 0.717) is 16.3 Å². The SMILES string of the molecule is Oc1ccccc1-c1nnc2sc(-c3cccc(Br)c3)nn12. The summed E-state index contributed by atoms with van der Waals surface area (Å²) in [5.41, 5.74) is 1.62. The first kappa shape index (κ1) is 13.4. The van der Waals surface area contributed by atoms with Gasteiger partial charge >= 0.3 is 0 Å². The summed E-state index contributed by atoms with van der Waals surface area (Å²) in [6.45, 7) is 0. The van der Waals surface area contributed by atoms with E-state index in [1.807, 2.05) is 30.3 Å². The molecule has 2 heterocycles. The minimum Gasteiger partial charge on any atom is -0.507 e. The molecule has 108 valence electrons. The van der Waals surface area contributed by atoms with Gasteiger partial charge in [0.05, 0.1) is 5.56 Å². The van der Waals surface area contributed by atoms with Gasteiger partial charge in [0.25, 0.3) is 0 Å². The van der Waals surface area contributed by atoms with Crippen LogP contribution in [0.3, 0.4) is 0 Å². The van der Waals surface area contributed by atoms with Gasteiger partial charge in [0, 0.05) is 10.0 Å². The molecule has 2 aromatic heterocycles. The van der Waals surface area contributed by atoms with Crippen molar-refractivity contribution in [2.75, 3.05) is 0 Å². The average molecular weight is 373 g/mol. The van der Waals surface area contributed by atoms with Crippen molar-refractivity contribution < 1.29 is 5.11 Å². The van der Waals surface area contributed by atoms with Crippen LogP contribution >= 0.6 is 27.3 Å². The van der Waals surface area contributed by atoms with Crippen LogP contribution in [0.2, 0.25) is 0 Å². The van der Waals surface area contributed by atoms with E-state index in [2.05, 4.69) is 31.2 Å². The minimum absolute atomic E-state index is 0.161. The van der Waals surface area contributed by atoms with Crippen LogP contribution in [0.1, 0.15) is 0 Å². The maximum atomic E-state index is 9.99. The van der Waals surface area contributed by atoms with Gasteiger partial charge in [0.1, 0.15) is 10.8 Å². The van der Waals surface area contributed by atoms with Crippen molar-refractivity contribution in [3.8, 4) is 27.7 Å². The van der Waals surface area contributed by atoms with E-state index in [0.717, 1.165) is 15.0 Å². The zero-order valence-electron chi connectivity index (χ0n) is 11.1. The van der Waals surface area contributed by atoms with Gasteiger partial charge in [-0.1, -0.05) is 51.5 Å². The van der Waals surface area contributed by atoms with Crippen LogP contribution in [0.5, 0.6) is 5.75 Å². The van der Waals surface area contributed by atoms with Gasteiger partial charge in [0.2, 0.25) is 4.96 Å². The van der Waals surface area contributed by atoms with Crippen molar-refractivity contribution >= 4 is 32.2 Å². The van der Waals surface area contributed by atoms with E-state index in [1.165, 1.54) is 11.3 Å². The highest BCUT2D eigenvalue weighted by atomic mass is 79.9. The molecule has 2 aromatic carbocycles. The number of phenolic OH excluding ortho intramolecular Hbond substituents is 1. The number of hydrogen-bond donors (Lipinski definition) is 1. The molecule has 0 aliphatic carbocycles. The van der Waals surface area contributed by atoms with Crippen molar-refractivity contribution in [3.63, 3.8) is 0 Å². The minimum atomic E-state index is 0.161. The second kappa shape index (κ2) is 5.19. The van der Waals surface area contributed by atoms with Gasteiger partial charge in [-0.15, -0.1) is 10.2 Å². The molecule has 0 amide bonds. The number of para-hydroxylation sites is 1. The molecule has 0 aliphatic rings. The Labute approximate surface area is 138 Å². The van der Waals surface area contributed by atoms with E-state index in [4.69, 9.17) is 0 Å². The van der Waals surface area contributed by atoms with Gasteiger partial charge in [-0.2, -0.15) is 9.61 Å². The number of fused-ring (bicyclic) bond motifs is 1. The van der Waals surface area contributed by atoms with Crippen LogP contribution in [0.25, 0.3) is 26.9 Å². The summed E-state index contributed by atoms with van der Waals surface area (Å²) in [5, 5.41) is 23.7. The lowest BCUT2D eigenvalue weighted by molar-refractivity contribution is 0.476. The Morgan fingerprint density at radius 2 is 1.91 bits per heavy atom. The standard InChI is InChI=1S/C15H9BrN4OS/c16-10-5-3-4-9(8-10)14-19-20-13(17-18-15(20)22-14)11-6-1-2-7-12(11)21/h1-8,21H. The maximum absolute atomic E-state index is 9.99. The quantitative estimate of drug-likeness (QED) is 0.577. The van der Waals surface area contributed by atoms with E-state index >= 15 is 0 Å². The highest BCUT2D eigenvalue weighted by Crippen LogP contribution is 2.32. The summed E-state index contributed by atoms with van der Waals surface area (Å²) >= 11 is 4.92. The second-order valence-electron chi connectivity index (χ2n) is 4.65. The highest BCUT2D eigenvalue weighted by Gasteiger charge is 2.16. The lowest BCUT2D eigenvalue weighted by Crippen LogP contribution is -1.91. The molecule has 5 nitrogen and oxygen atoms in total. The first-order valence-corrected chi connectivity index (χ1v) is 8.10. The number of hydrogen-bond acceptors (Lipinski definition) is 5. The van der Waals surface area contributed by atoms with Crippen molar-refractivity contribution in [2.24, 2.45) is 0 Å². The molecule has 0 saturated carbocycles. The maximum Gasteiger partial charge on any atom is 0.235 e. The summed E-state index contributed by atoms with van der Waals surface area (Å²) in [6, 6.07) is 15.0. The largest absolute Gasteiger partial charge is 0.507 e. The fourth-order valence-electron chi connectivity index (χ4n) is 2.19. The van der Waals surface area contributed by atoms with E-state index in [1.54, 1.807) is 22.7 Å². The Bertz CT molecular complexity index is 979. The third-order valence-electron chi connectivity index (χ3n) is 3.21. The molecule has 4 rings (SSSR count). The van der Waals surface area contributed by atoms with E-state index in [-0.39, 0.29) is 5.75 Å². The fourth-order valence-corrected chi connectivity index (χ4v) is 3.42. The lowest BCUT2D eigenvalue weighted by Gasteiger charge is -2.00. The monoisotopic (exact) mass is 372 g/mol. The molecule has 0 aliphatic heterocycles. The Morgan fingerprint density at radius 1 is 1.05 bits per heavy atom. The van der Waals surface area contributed by atoms with Crippen molar-refractivity contribution in [3.05, 3.63) is 53.0 Å². The van der Waals surface area contributed by atoms with Crippen LogP contribution in [0, 0.1) is 0 Å². The highest BCUT2D eigenvalue weighted by molar-refractivity contribution is 9.10. The van der Waals surface area contributed by atoms with Crippen LogP contribution in [-0.4, -0.2) is 24.9 Å². The summed E-state index contributed by atoms with van der Waals surface area (Å²) in [7, 11) is 0. The Balaban J connectivity index is 1.88. The first-order chi connectivity index (χ1) is 10.7. The van der Waals surface area contributed by atoms with E-state index in [9.17, 15) is 5.11 Å². The molecular formula is C15H9BrN4OS. The Kier molecular flexibility index (Phi) is 3.16. The Morgan fingerprint density at radius 3 is 2.73 bits per heavy atom. The van der Waals surface area contributed by atoms with Crippen molar-refractivity contribution in [2.45, 2.75) is 0 Å². The molecule has 0 fully saturated rings. The van der Waals surface area contributed by atoms with Gasteiger partial charge in [-0.05, 0) is 24.3 Å². The molecule has 0 atom stereocenters. The first-order valence-electron chi connectivity index (χ1n) is 6.49. The number of rotatable bonds is 2. The smallest absolute Gasteiger partial charge is 0.235 e. The molecule has 7 heteroatoms. The number of benzene rings is 2. The molecule has 0 bridgehead atoms. The van der Waals surface area contributed by atoms with Crippen molar-refractivity contribution in [1.29, 1.82) is 0 Å². The lowest BCUT2D eigenvalue weighted by atomic mass is 10.2. The van der Waals surface area contributed by atoms with Gasteiger partial charge in [0.15, 0.2) is 5.82 Å². The zero-order chi connectivity index (χ0) is 15.1. The van der Waals surface area contributed by atoms with Crippen LogP contribution in [0.15, 0.2) is 53.0 Å². The summed E-state index contributed by atoms with van der Waals surface area (Å²) in [4.78, 5) is 0.688. The summed E-state index contributed by atoms with van der Waals surface area (Å²) in [5.74, 6) is 0.694. The third kappa shape index (κ3) is 2.18. The molecule has 4 aromatic rings. The van der Waals surface area contributed by atoms with Gasteiger partial charge < -0.3 is 5.11 Å². The molecule has 0 unspecified atom stereocenters. The molecule has 0 saturated heterocycles. The number of phenols is 1. The fraction of sp³-hybridized carbons (Fsp3) is 0. The molecular weight excluding hydrogens is 364 g/mol. The number of halogens is 1.